The van der Waals surface area contributed by atoms with Crippen molar-refractivity contribution in [2.24, 2.45) is 0 Å². The van der Waals surface area contributed by atoms with E-state index in [1.165, 1.54) is 11.8 Å². The third-order valence-corrected chi connectivity index (χ3v) is 2.74. The quantitative estimate of drug-likeness (QED) is 0.752. The fourth-order valence-electron chi connectivity index (χ4n) is 1.82. The Kier molecular flexibility index (Phi) is 4.39. The summed E-state index contributed by atoms with van der Waals surface area (Å²) in [5.41, 5.74) is -0.683. The molecule has 1 atom stereocenters. The third-order valence-electron chi connectivity index (χ3n) is 2.74. The SMILES string of the molecule is CC(=O)N1CCN(C(=O)OC(C)(C)C)C(C(=O)O)C1. The zero-order chi connectivity index (χ0) is 14.8. The van der Waals surface area contributed by atoms with Crippen LogP contribution in [0.25, 0.3) is 0 Å². The fourth-order valence-corrected chi connectivity index (χ4v) is 1.82. The topological polar surface area (TPSA) is 87.2 Å². The first-order valence-corrected chi connectivity index (χ1v) is 6.10. The van der Waals surface area contributed by atoms with Crippen molar-refractivity contribution in [3.05, 3.63) is 0 Å². The first kappa shape index (κ1) is 15.3. The van der Waals surface area contributed by atoms with E-state index in [-0.39, 0.29) is 19.0 Å². The molecule has 0 spiro atoms. The van der Waals surface area contributed by atoms with Gasteiger partial charge in [0, 0.05) is 20.0 Å². The number of carbonyl (C=O) groups excluding carboxylic acids is 2. The molecule has 1 heterocycles. The van der Waals surface area contributed by atoms with Gasteiger partial charge in [0.05, 0.1) is 6.54 Å². The molecule has 0 aromatic heterocycles. The lowest BCUT2D eigenvalue weighted by atomic mass is 10.1. The summed E-state index contributed by atoms with van der Waals surface area (Å²) in [6, 6.07) is -1.06. The van der Waals surface area contributed by atoms with Gasteiger partial charge in [0.2, 0.25) is 5.91 Å². The van der Waals surface area contributed by atoms with Crippen molar-refractivity contribution in [3.63, 3.8) is 0 Å². The van der Waals surface area contributed by atoms with Crippen LogP contribution in [0, 0.1) is 0 Å². The number of carboxylic acids is 1. The number of aliphatic carboxylic acids is 1. The summed E-state index contributed by atoms with van der Waals surface area (Å²) in [6.45, 7) is 6.99. The average Bonchev–Trinajstić information content (AvgIpc) is 2.25. The number of ether oxygens (including phenoxy) is 1. The first-order chi connectivity index (χ1) is 8.61. The Morgan fingerprint density at radius 3 is 2.21 bits per heavy atom. The Balaban J connectivity index is 2.80. The second-order valence-electron chi connectivity index (χ2n) is 5.49. The van der Waals surface area contributed by atoms with E-state index in [4.69, 9.17) is 9.84 Å². The summed E-state index contributed by atoms with van der Waals surface area (Å²) in [5.74, 6) is -1.34. The zero-order valence-electron chi connectivity index (χ0n) is 11.7. The molecule has 1 N–H and O–H groups in total. The van der Waals surface area contributed by atoms with Gasteiger partial charge in [-0.15, -0.1) is 0 Å². The van der Waals surface area contributed by atoms with E-state index in [1.54, 1.807) is 20.8 Å². The summed E-state index contributed by atoms with van der Waals surface area (Å²) in [5, 5.41) is 9.17. The van der Waals surface area contributed by atoms with Crippen LogP contribution < -0.4 is 0 Å². The highest BCUT2D eigenvalue weighted by atomic mass is 16.6. The second-order valence-corrected chi connectivity index (χ2v) is 5.49. The number of rotatable bonds is 1. The molecule has 0 bridgehead atoms. The monoisotopic (exact) mass is 272 g/mol. The number of carboxylic acid groups (broad SMARTS) is 1. The van der Waals surface area contributed by atoms with Crippen LogP contribution in [0.4, 0.5) is 4.79 Å². The van der Waals surface area contributed by atoms with E-state index < -0.39 is 23.7 Å². The summed E-state index contributed by atoms with van der Waals surface area (Å²) >= 11 is 0. The van der Waals surface area contributed by atoms with Crippen LogP contribution in [-0.4, -0.2) is 64.2 Å². The van der Waals surface area contributed by atoms with Gasteiger partial charge in [-0.2, -0.15) is 0 Å². The summed E-state index contributed by atoms with van der Waals surface area (Å²) < 4.78 is 5.17. The second kappa shape index (κ2) is 5.46. The minimum atomic E-state index is -1.14. The molecule has 2 amide bonds. The van der Waals surface area contributed by atoms with Gasteiger partial charge < -0.3 is 14.7 Å². The number of carbonyl (C=O) groups is 3. The molecule has 0 aliphatic carbocycles. The molecule has 0 radical (unpaired) electrons. The number of hydrogen-bond acceptors (Lipinski definition) is 4. The Morgan fingerprint density at radius 2 is 1.79 bits per heavy atom. The van der Waals surface area contributed by atoms with Crippen LogP contribution in [0.15, 0.2) is 0 Å². The lowest BCUT2D eigenvalue weighted by Crippen LogP contribution is -2.59. The molecule has 0 aromatic rings. The predicted molar refractivity (Wildman–Crippen MR) is 66.6 cm³/mol. The van der Waals surface area contributed by atoms with Gasteiger partial charge in [0.25, 0.3) is 0 Å². The minimum Gasteiger partial charge on any atom is -0.480 e. The molecule has 1 aliphatic rings. The highest BCUT2D eigenvalue weighted by Gasteiger charge is 2.38. The number of piperazine rings is 1. The highest BCUT2D eigenvalue weighted by molar-refractivity contribution is 5.82. The Morgan fingerprint density at radius 1 is 1.21 bits per heavy atom. The number of amides is 2. The van der Waals surface area contributed by atoms with Gasteiger partial charge in [-0.1, -0.05) is 0 Å². The van der Waals surface area contributed by atoms with Crippen molar-refractivity contribution in [2.75, 3.05) is 19.6 Å². The maximum Gasteiger partial charge on any atom is 0.411 e. The number of hydrogen-bond donors (Lipinski definition) is 1. The Labute approximate surface area is 112 Å². The molecule has 1 fully saturated rings. The van der Waals surface area contributed by atoms with Gasteiger partial charge in [-0.25, -0.2) is 9.59 Å². The molecule has 108 valence electrons. The summed E-state index contributed by atoms with van der Waals surface area (Å²) in [4.78, 5) is 37.0. The van der Waals surface area contributed by atoms with E-state index in [2.05, 4.69) is 0 Å². The van der Waals surface area contributed by atoms with Crippen molar-refractivity contribution >= 4 is 18.0 Å². The smallest absolute Gasteiger partial charge is 0.411 e. The largest absolute Gasteiger partial charge is 0.480 e. The molecule has 0 aromatic carbocycles. The Bertz CT molecular complexity index is 388. The van der Waals surface area contributed by atoms with Gasteiger partial charge in [-0.05, 0) is 20.8 Å². The summed E-state index contributed by atoms with van der Waals surface area (Å²) in [7, 11) is 0. The van der Waals surface area contributed by atoms with Crippen molar-refractivity contribution < 1.29 is 24.2 Å². The van der Waals surface area contributed by atoms with Crippen LogP contribution in [0.2, 0.25) is 0 Å². The Hall–Kier alpha value is -1.79. The molecule has 1 unspecified atom stereocenters. The zero-order valence-corrected chi connectivity index (χ0v) is 11.7. The van der Waals surface area contributed by atoms with E-state index in [9.17, 15) is 14.4 Å². The van der Waals surface area contributed by atoms with Crippen LogP contribution in [-0.2, 0) is 14.3 Å². The molecule has 1 aliphatic heterocycles. The third kappa shape index (κ3) is 4.11. The van der Waals surface area contributed by atoms with Crippen LogP contribution in [0.3, 0.4) is 0 Å². The van der Waals surface area contributed by atoms with Gasteiger partial charge in [0.1, 0.15) is 11.6 Å². The van der Waals surface area contributed by atoms with E-state index in [0.29, 0.717) is 6.54 Å². The molecule has 1 rings (SSSR count). The molecule has 7 nitrogen and oxygen atoms in total. The summed E-state index contributed by atoms with van der Waals surface area (Å²) in [6.07, 6.45) is -0.664. The molecule has 7 heteroatoms. The van der Waals surface area contributed by atoms with Crippen LogP contribution in [0.1, 0.15) is 27.7 Å². The molecule has 0 saturated carbocycles. The van der Waals surface area contributed by atoms with E-state index in [1.807, 2.05) is 0 Å². The van der Waals surface area contributed by atoms with Gasteiger partial charge >= 0.3 is 12.1 Å². The number of nitrogens with zero attached hydrogens (tertiary/aromatic N) is 2. The average molecular weight is 272 g/mol. The molecular weight excluding hydrogens is 252 g/mol. The highest BCUT2D eigenvalue weighted by Crippen LogP contribution is 2.16. The minimum absolute atomic E-state index is 0.0100. The van der Waals surface area contributed by atoms with E-state index >= 15 is 0 Å². The molecular formula is C12H20N2O5. The lowest BCUT2D eigenvalue weighted by Gasteiger charge is -2.39. The van der Waals surface area contributed by atoms with Crippen molar-refractivity contribution in [2.45, 2.75) is 39.3 Å². The first-order valence-electron chi connectivity index (χ1n) is 6.10. The lowest BCUT2D eigenvalue weighted by molar-refractivity contribution is -0.147. The maximum absolute atomic E-state index is 11.9. The molecule has 19 heavy (non-hydrogen) atoms. The van der Waals surface area contributed by atoms with Crippen molar-refractivity contribution in [1.82, 2.24) is 9.80 Å². The predicted octanol–water partition coefficient (Wildman–Crippen LogP) is 0.539. The van der Waals surface area contributed by atoms with Crippen LogP contribution in [0.5, 0.6) is 0 Å². The van der Waals surface area contributed by atoms with Crippen LogP contribution >= 0.6 is 0 Å². The maximum atomic E-state index is 11.9. The normalized spacial score (nSPS) is 20.1. The standard InChI is InChI=1S/C12H20N2O5/c1-8(15)13-5-6-14(9(7-13)10(16)17)11(18)19-12(2,3)4/h9H,5-7H2,1-4H3,(H,16,17). The van der Waals surface area contributed by atoms with Gasteiger partial charge in [0.15, 0.2) is 0 Å². The van der Waals surface area contributed by atoms with Gasteiger partial charge in [-0.3, -0.25) is 9.69 Å². The van der Waals surface area contributed by atoms with Crippen molar-refractivity contribution in [3.8, 4) is 0 Å². The van der Waals surface area contributed by atoms with E-state index in [0.717, 1.165) is 4.90 Å². The molecule has 1 saturated heterocycles. The van der Waals surface area contributed by atoms with Crippen molar-refractivity contribution in [1.29, 1.82) is 0 Å². The fraction of sp³-hybridized carbons (Fsp3) is 0.750.